The van der Waals surface area contributed by atoms with Gasteiger partial charge < -0.3 is 20.7 Å². The molecule has 0 spiro atoms. The summed E-state index contributed by atoms with van der Waals surface area (Å²) in [5.74, 6) is 0.656. The molecule has 3 N–H and O–H groups in total. The fourth-order valence-electron chi connectivity index (χ4n) is 5.79. The van der Waals surface area contributed by atoms with Gasteiger partial charge in [0.15, 0.2) is 0 Å². The molecule has 0 radical (unpaired) electrons. The van der Waals surface area contributed by atoms with E-state index in [0.29, 0.717) is 25.2 Å². The van der Waals surface area contributed by atoms with Crippen LogP contribution in [0, 0.1) is 0 Å². The lowest BCUT2D eigenvalue weighted by atomic mass is 9.95. The third-order valence-electron chi connectivity index (χ3n) is 8.37. The second kappa shape index (κ2) is 16.4. The first kappa shape index (κ1) is 32.5. The average molecular weight is 632 g/mol. The van der Waals surface area contributed by atoms with E-state index in [1.54, 1.807) is 7.11 Å². The first-order chi connectivity index (χ1) is 23.6. The molecule has 0 aliphatic rings. The lowest BCUT2D eigenvalue weighted by Crippen LogP contribution is -2.24. The predicted octanol–water partition coefficient (Wildman–Crippen LogP) is 8.54. The van der Waals surface area contributed by atoms with Crippen LogP contribution in [0.4, 0.5) is 0 Å². The molecule has 0 saturated carbocycles. The van der Waals surface area contributed by atoms with Gasteiger partial charge >= 0.3 is 0 Å². The Labute approximate surface area is 283 Å². The van der Waals surface area contributed by atoms with Crippen molar-refractivity contribution in [2.24, 2.45) is 0 Å². The molecule has 0 unspecified atom stereocenters. The number of rotatable bonds is 14. The van der Waals surface area contributed by atoms with Gasteiger partial charge in [-0.3, -0.25) is 4.79 Å². The van der Waals surface area contributed by atoms with E-state index in [1.165, 1.54) is 22.3 Å². The molecule has 0 atom stereocenters. The molecule has 6 aromatic carbocycles. The summed E-state index contributed by atoms with van der Waals surface area (Å²) in [7, 11) is 1.65. The van der Waals surface area contributed by atoms with Crippen molar-refractivity contribution >= 4 is 5.91 Å². The van der Waals surface area contributed by atoms with E-state index in [1.807, 2.05) is 54.6 Å². The Morgan fingerprint density at radius 1 is 0.479 bits per heavy atom. The van der Waals surface area contributed by atoms with E-state index < -0.39 is 0 Å². The van der Waals surface area contributed by atoms with E-state index in [4.69, 9.17) is 4.74 Å². The number of benzene rings is 6. The summed E-state index contributed by atoms with van der Waals surface area (Å²) >= 11 is 0. The van der Waals surface area contributed by atoms with Crippen molar-refractivity contribution in [2.75, 3.05) is 7.11 Å². The van der Waals surface area contributed by atoms with Crippen LogP contribution >= 0.6 is 0 Å². The summed E-state index contributed by atoms with van der Waals surface area (Å²) in [6.07, 6.45) is 0. The third-order valence-corrected chi connectivity index (χ3v) is 8.37. The van der Waals surface area contributed by atoms with Gasteiger partial charge in [0.1, 0.15) is 5.75 Å². The Morgan fingerprint density at radius 2 is 1.00 bits per heavy atom. The summed E-state index contributed by atoms with van der Waals surface area (Å²) < 4.78 is 5.37. The Hall–Kier alpha value is -5.49. The Kier molecular flexibility index (Phi) is 11.1. The van der Waals surface area contributed by atoms with Gasteiger partial charge in [-0.15, -0.1) is 0 Å². The molecule has 48 heavy (non-hydrogen) atoms. The van der Waals surface area contributed by atoms with Gasteiger partial charge in [-0.25, -0.2) is 0 Å². The number of hydrogen-bond donors (Lipinski definition) is 3. The fraction of sp³-hybridized carbons (Fsp3) is 0.140. The predicted molar refractivity (Wildman–Crippen MR) is 195 cm³/mol. The highest BCUT2D eigenvalue weighted by atomic mass is 16.5. The zero-order valence-corrected chi connectivity index (χ0v) is 27.3. The lowest BCUT2D eigenvalue weighted by molar-refractivity contribution is 0.0951. The molecule has 1 amide bonds. The van der Waals surface area contributed by atoms with Gasteiger partial charge in [-0.2, -0.15) is 0 Å². The number of carbonyl (C=O) groups is 1. The van der Waals surface area contributed by atoms with Crippen molar-refractivity contribution < 1.29 is 9.53 Å². The van der Waals surface area contributed by atoms with Crippen LogP contribution in [-0.4, -0.2) is 13.0 Å². The topological polar surface area (TPSA) is 62.4 Å². The van der Waals surface area contributed by atoms with Gasteiger partial charge in [-0.05, 0) is 74.3 Å². The Balaban J connectivity index is 1.15. The minimum atomic E-state index is -0.111. The molecule has 0 aromatic heterocycles. The summed E-state index contributed by atoms with van der Waals surface area (Å²) in [5, 5.41) is 10.2. The number of hydrogen-bond acceptors (Lipinski definition) is 4. The normalized spacial score (nSPS) is 10.9. The zero-order chi connectivity index (χ0) is 33.0. The highest BCUT2D eigenvalue weighted by Gasteiger charge is 2.15. The molecular weight excluding hydrogens is 590 g/mol. The lowest BCUT2D eigenvalue weighted by Gasteiger charge is -2.15. The van der Waals surface area contributed by atoms with Crippen molar-refractivity contribution in [3.05, 3.63) is 185 Å². The first-order valence-corrected chi connectivity index (χ1v) is 16.4. The number of methoxy groups -OCH3 is 1. The first-order valence-electron chi connectivity index (χ1n) is 16.4. The zero-order valence-electron chi connectivity index (χ0n) is 27.3. The average Bonchev–Trinajstić information content (AvgIpc) is 3.15. The Morgan fingerprint density at radius 3 is 1.71 bits per heavy atom. The van der Waals surface area contributed by atoms with Crippen LogP contribution in [0.5, 0.6) is 5.75 Å². The van der Waals surface area contributed by atoms with Crippen molar-refractivity contribution in [3.8, 4) is 28.0 Å². The van der Waals surface area contributed by atoms with Crippen LogP contribution in [-0.2, 0) is 32.7 Å². The standard InChI is InChI=1S/C43H41N3O2/c1-48-40-17-9-13-35(25-40)31-46-43(47)42-26-36(30-44-27-32-10-4-2-5-11-32)20-23-41(42)39-16-8-12-34(24-39)29-45-28-33-18-21-38(22-19-33)37-14-6-3-7-15-37/h2-26,44-45H,27-31H2,1H3,(H,46,47). The molecule has 0 aliphatic carbocycles. The molecule has 0 saturated heterocycles. The number of amides is 1. The van der Waals surface area contributed by atoms with E-state index in [9.17, 15) is 4.79 Å². The van der Waals surface area contributed by atoms with Crippen LogP contribution in [0.3, 0.4) is 0 Å². The van der Waals surface area contributed by atoms with Gasteiger partial charge in [0.05, 0.1) is 7.11 Å². The molecule has 0 fully saturated rings. The van der Waals surface area contributed by atoms with Gasteiger partial charge in [0.2, 0.25) is 0 Å². The highest BCUT2D eigenvalue weighted by Crippen LogP contribution is 2.27. The molecule has 6 aromatic rings. The van der Waals surface area contributed by atoms with E-state index in [2.05, 4.69) is 113 Å². The molecular formula is C43H41N3O2. The van der Waals surface area contributed by atoms with Crippen molar-refractivity contribution in [3.63, 3.8) is 0 Å². The van der Waals surface area contributed by atoms with E-state index in [0.717, 1.165) is 46.7 Å². The monoisotopic (exact) mass is 631 g/mol. The minimum absolute atomic E-state index is 0.111. The summed E-state index contributed by atoms with van der Waals surface area (Å²) in [4.78, 5) is 13.8. The Bertz CT molecular complexity index is 1920. The second-order valence-electron chi connectivity index (χ2n) is 11.9. The number of nitrogens with one attached hydrogen (secondary N) is 3. The molecule has 5 heteroatoms. The second-order valence-corrected chi connectivity index (χ2v) is 11.9. The maximum absolute atomic E-state index is 13.8. The van der Waals surface area contributed by atoms with E-state index in [-0.39, 0.29) is 5.91 Å². The molecule has 0 aliphatic heterocycles. The highest BCUT2D eigenvalue weighted by molar-refractivity contribution is 6.01. The van der Waals surface area contributed by atoms with Crippen LogP contribution in [0.25, 0.3) is 22.3 Å². The molecule has 6 rings (SSSR count). The fourth-order valence-corrected chi connectivity index (χ4v) is 5.79. The van der Waals surface area contributed by atoms with Crippen molar-refractivity contribution in [1.82, 2.24) is 16.0 Å². The van der Waals surface area contributed by atoms with E-state index >= 15 is 0 Å². The van der Waals surface area contributed by atoms with Crippen LogP contribution in [0.2, 0.25) is 0 Å². The summed E-state index contributed by atoms with van der Waals surface area (Å²) in [6.45, 7) is 3.30. The van der Waals surface area contributed by atoms with Gasteiger partial charge in [0.25, 0.3) is 5.91 Å². The number of carbonyl (C=O) groups excluding carboxylic acids is 1. The number of ether oxygens (including phenoxy) is 1. The third kappa shape index (κ3) is 8.85. The molecule has 0 bridgehead atoms. The molecule has 240 valence electrons. The van der Waals surface area contributed by atoms with Crippen molar-refractivity contribution in [2.45, 2.75) is 32.7 Å². The quantitative estimate of drug-likeness (QED) is 0.113. The van der Waals surface area contributed by atoms with Crippen LogP contribution in [0.15, 0.2) is 152 Å². The van der Waals surface area contributed by atoms with Crippen molar-refractivity contribution in [1.29, 1.82) is 0 Å². The minimum Gasteiger partial charge on any atom is -0.497 e. The smallest absolute Gasteiger partial charge is 0.252 e. The van der Waals surface area contributed by atoms with Crippen LogP contribution in [0.1, 0.15) is 38.2 Å². The van der Waals surface area contributed by atoms with Gasteiger partial charge in [-0.1, -0.05) is 127 Å². The van der Waals surface area contributed by atoms with Gasteiger partial charge in [0, 0.05) is 38.3 Å². The largest absolute Gasteiger partial charge is 0.497 e. The SMILES string of the molecule is COc1cccc(CNC(=O)c2cc(CNCc3ccccc3)ccc2-c2cccc(CNCc3ccc(-c4ccccc4)cc3)c2)c1. The summed E-state index contributed by atoms with van der Waals surface area (Å²) in [5.41, 5.74) is 10.7. The molecule has 0 heterocycles. The maximum Gasteiger partial charge on any atom is 0.252 e. The summed E-state index contributed by atoms with van der Waals surface area (Å²) in [6, 6.07) is 51.9. The van der Waals surface area contributed by atoms with Crippen LogP contribution < -0.4 is 20.7 Å². The maximum atomic E-state index is 13.8. The molecule has 5 nitrogen and oxygen atoms in total.